The van der Waals surface area contributed by atoms with Crippen molar-refractivity contribution in [2.75, 3.05) is 14.2 Å². The van der Waals surface area contributed by atoms with Gasteiger partial charge >= 0.3 is 11.0 Å². The lowest BCUT2D eigenvalue weighted by Crippen LogP contribution is -2.03. The molecule has 8 nitrogen and oxygen atoms in total. The van der Waals surface area contributed by atoms with Crippen LogP contribution in [0.5, 0.6) is 11.5 Å². The second kappa shape index (κ2) is 8.14. The average Bonchev–Trinajstić information content (AvgIpc) is 3.35. The van der Waals surface area contributed by atoms with Crippen LogP contribution in [0, 0.1) is 10.1 Å². The van der Waals surface area contributed by atoms with E-state index in [0.29, 0.717) is 22.2 Å². The van der Waals surface area contributed by atoms with E-state index in [1.165, 1.54) is 23.5 Å². The number of hydrogen-bond donors (Lipinski definition) is 0. The van der Waals surface area contributed by atoms with E-state index in [1.54, 1.807) is 25.7 Å². The molecule has 3 rings (SSSR count). The molecule has 2 heterocycles. The Bertz CT molecular complexity index is 981. The summed E-state index contributed by atoms with van der Waals surface area (Å²) >= 11 is 2.16. The lowest BCUT2D eigenvalue weighted by Gasteiger charge is -2.10. The lowest BCUT2D eigenvalue weighted by atomic mass is 10.2. The molecule has 1 aromatic carbocycles. The maximum atomic E-state index is 12.0. The number of nitro groups is 1. The second-order valence-corrected chi connectivity index (χ2v) is 7.08. The molecule has 0 atom stereocenters. The molecule has 27 heavy (non-hydrogen) atoms. The van der Waals surface area contributed by atoms with Gasteiger partial charge in [-0.1, -0.05) is 17.4 Å². The van der Waals surface area contributed by atoms with Crippen molar-refractivity contribution < 1.29 is 23.9 Å². The number of nitrogens with zero attached hydrogens (tertiary/aromatic N) is 2. The first-order valence-corrected chi connectivity index (χ1v) is 9.30. The third kappa shape index (κ3) is 4.07. The summed E-state index contributed by atoms with van der Waals surface area (Å²) in [7, 11) is 3.11. The minimum Gasteiger partial charge on any atom is -0.493 e. The van der Waals surface area contributed by atoms with Gasteiger partial charge in [-0.05, 0) is 18.2 Å². The van der Waals surface area contributed by atoms with E-state index in [1.807, 2.05) is 12.1 Å². The van der Waals surface area contributed by atoms with Crippen LogP contribution in [0.4, 0.5) is 5.00 Å². The number of carbonyl (C=O) groups is 1. The molecular weight excluding hydrogens is 392 g/mol. The molecule has 0 N–H and O–H groups in total. The van der Waals surface area contributed by atoms with Gasteiger partial charge in [0.1, 0.15) is 16.5 Å². The SMILES string of the molecule is COc1cccc(-c2nc(COC(=O)c3ccc([N+](=O)[O-])s3)cs2)c1OC. The second-order valence-electron chi connectivity index (χ2n) is 5.16. The highest BCUT2D eigenvalue weighted by molar-refractivity contribution is 7.17. The van der Waals surface area contributed by atoms with Crippen LogP contribution < -0.4 is 9.47 Å². The molecule has 0 aliphatic rings. The number of aromatic nitrogens is 1. The topological polar surface area (TPSA) is 101 Å². The molecule has 0 saturated heterocycles. The van der Waals surface area contributed by atoms with Gasteiger partial charge in [0.25, 0.3) is 0 Å². The van der Waals surface area contributed by atoms with Crippen LogP contribution in [0.25, 0.3) is 10.6 Å². The Morgan fingerprint density at radius 1 is 1.22 bits per heavy atom. The first-order valence-electron chi connectivity index (χ1n) is 7.60. The number of methoxy groups -OCH3 is 2. The molecule has 2 aromatic heterocycles. The Balaban J connectivity index is 1.71. The number of esters is 1. The van der Waals surface area contributed by atoms with Crippen molar-refractivity contribution in [3.05, 3.63) is 56.4 Å². The van der Waals surface area contributed by atoms with E-state index in [9.17, 15) is 14.9 Å². The van der Waals surface area contributed by atoms with Crippen LogP contribution in [-0.2, 0) is 11.3 Å². The van der Waals surface area contributed by atoms with Gasteiger partial charge in [-0.2, -0.15) is 0 Å². The molecule has 10 heteroatoms. The molecule has 0 aliphatic heterocycles. The maximum Gasteiger partial charge on any atom is 0.348 e. The van der Waals surface area contributed by atoms with Gasteiger partial charge in [0.2, 0.25) is 0 Å². The van der Waals surface area contributed by atoms with Crippen molar-refractivity contribution >= 4 is 33.6 Å². The minimum atomic E-state index is -0.624. The Morgan fingerprint density at radius 2 is 2.04 bits per heavy atom. The number of para-hydroxylation sites is 1. The third-order valence-electron chi connectivity index (χ3n) is 3.51. The van der Waals surface area contributed by atoms with Crippen LogP contribution in [-0.4, -0.2) is 30.1 Å². The van der Waals surface area contributed by atoms with Crippen molar-refractivity contribution in [3.8, 4) is 22.1 Å². The summed E-state index contributed by atoms with van der Waals surface area (Å²) < 4.78 is 15.9. The standard InChI is InChI=1S/C17H14N2O6S2/c1-23-12-5-3-4-11(15(12)24-2)16-18-10(9-26-16)8-25-17(20)13-6-7-14(27-13)19(21)22/h3-7,9H,8H2,1-2H3. The molecule has 0 spiro atoms. The van der Waals surface area contributed by atoms with Gasteiger partial charge in [-0.25, -0.2) is 9.78 Å². The zero-order valence-electron chi connectivity index (χ0n) is 14.3. The summed E-state index contributed by atoms with van der Waals surface area (Å²) in [6.07, 6.45) is 0. The summed E-state index contributed by atoms with van der Waals surface area (Å²) in [5, 5.41) is 13.1. The monoisotopic (exact) mass is 406 g/mol. The van der Waals surface area contributed by atoms with Crippen molar-refractivity contribution in [2.24, 2.45) is 0 Å². The molecule has 0 aliphatic carbocycles. The highest BCUT2D eigenvalue weighted by atomic mass is 32.1. The highest BCUT2D eigenvalue weighted by Crippen LogP contribution is 2.39. The smallest absolute Gasteiger partial charge is 0.348 e. The predicted octanol–water partition coefficient (Wildman–Crippen LogP) is 4.15. The van der Waals surface area contributed by atoms with Gasteiger partial charge in [0.05, 0.1) is 30.4 Å². The summed E-state index contributed by atoms with van der Waals surface area (Å²) in [6, 6.07) is 8.14. The number of thiophene rings is 1. The van der Waals surface area contributed by atoms with E-state index in [0.717, 1.165) is 16.9 Å². The predicted molar refractivity (Wildman–Crippen MR) is 101 cm³/mol. The first kappa shape index (κ1) is 18.8. The Morgan fingerprint density at radius 3 is 2.70 bits per heavy atom. The quantitative estimate of drug-likeness (QED) is 0.330. The fourth-order valence-electron chi connectivity index (χ4n) is 2.30. The minimum absolute atomic E-state index is 0.0344. The zero-order valence-corrected chi connectivity index (χ0v) is 16.0. The normalized spacial score (nSPS) is 10.4. The number of rotatable bonds is 7. The van der Waals surface area contributed by atoms with E-state index >= 15 is 0 Å². The number of hydrogen-bond acceptors (Lipinski definition) is 9. The number of carbonyl (C=O) groups excluding carboxylic acids is 1. The van der Waals surface area contributed by atoms with E-state index < -0.39 is 10.9 Å². The molecule has 3 aromatic rings. The van der Waals surface area contributed by atoms with Gasteiger partial charge in [-0.3, -0.25) is 10.1 Å². The average molecular weight is 406 g/mol. The van der Waals surface area contributed by atoms with Crippen LogP contribution in [0.2, 0.25) is 0 Å². The lowest BCUT2D eigenvalue weighted by molar-refractivity contribution is -0.380. The van der Waals surface area contributed by atoms with E-state index in [2.05, 4.69) is 4.98 Å². The number of benzene rings is 1. The molecule has 0 bridgehead atoms. The molecule has 0 unspecified atom stereocenters. The van der Waals surface area contributed by atoms with Crippen molar-refractivity contribution in [1.82, 2.24) is 4.98 Å². The Kier molecular flexibility index (Phi) is 5.67. The summed E-state index contributed by atoms with van der Waals surface area (Å²) in [4.78, 5) is 26.8. The highest BCUT2D eigenvalue weighted by Gasteiger charge is 2.18. The zero-order chi connectivity index (χ0) is 19.4. The van der Waals surface area contributed by atoms with Gasteiger partial charge in [0, 0.05) is 11.4 Å². The van der Waals surface area contributed by atoms with E-state index in [4.69, 9.17) is 14.2 Å². The molecular formula is C17H14N2O6S2. The fourth-order valence-corrected chi connectivity index (χ4v) is 3.84. The molecule has 0 amide bonds. The molecule has 0 radical (unpaired) electrons. The van der Waals surface area contributed by atoms with Crippen molar-refractivity contribution in [3.63, 3.8) is 0 Å². The fraction of sp³-hybridized carbons (Fsp3) is 0.176. The van der Waals surface area contributed by atoms with Crippen molar-refractivity contribution in [2.45, 2.75) is 6.61 Å². The van der Waals surface area contributed by atoms with Crippen LogP contribution in [0.3, 0.4) is 0 Å². The molecule has 0 fully saturated rings. The van der Waals surface area contributed by atoms with Gasteiger partial charge in [0.15, 0.2) is 11.5 Å². The molecule has 140 valence electrons. The Labute approximate surface area is 162 Å². The first-order chi connectivity index (χ1) is 13.0. The maximum absolute atomic E-state index is 12.0. The summed E-state index contributed by atoms with van der Waals surface area (Å²) in [5.74, 6) is 0.544. The number of thiazole rings is 1. The number of ether oxygens (including phenoxy) is 3. The summed E-state index contributed by atoms with van der Waals surface area (Å²) in [6.45, 7) is -0.0344. The van der Waals surface area contributed by atoms with Crippen LogP contribution in [0.1, 0.15) is 15.4 Å². The van der Waals surface area contributed by atoms with Crippen LogP contribution >= 0.6 is 22.7 Å². The molecule has 0 saturated carbocycles. The van der Waals surface area contributed by atoms with E-state index in [-0.39, 0.29) is 16.5 Å². The van der Waals surface area contributed by atoms with Gasteiger partial charge in [-0.15, -0.1) is 11.3 Å². The van der Waals surface area contributed by atoms with Gasteiger partial charge < -0.3 is 14.2 Å². The van der Waals surface area contributed by atoms with Crippen molar-refractivity contribution in [1.29, 1.82) is 0 Å². The largest absolute Gasteiger partial charge is 0.493 e. The summed E-state index contributed by atoms with van der Waals surface area (Å²) in [5.41, 5.74) is 1.34. The van der Waals surface area contributed by atoms with Crippen LogP contribution in [0.15, 0.2) is 35.7 Å². The third-order valence-corrected chi connectivity index (χ3v) is 5.45. The Hall–Kier alpha value is -2.98.